The molecule has 0 fully saturated rings. The highest BCUT2D eigenvalue weighted by Gasteiger charge is 2.12. The van der Waals surface area contributed by atoms with Crippen LogP contribution in [0.3, 0.4) is 0 Å². The topological polar surface area (TPSA) is 83.0 Å². The summed E-state index contributed by atoms with van der Waals surface area (Å²) in [4.78, 5) is 29.6. The van der Waals surface area contributed by atoms with E-state index >= 15 is 0 Å². The van der Waals surface area contributed by atoms with Crippen LogP contribution in [0.1, 0.15) is 28.2 Å². The summed E-state index contributed by atoms with van der Waals surface area (Å²) in [5, 5.41) is 8.78. The summed E-state index contributed by atoms with van der Waals surface area (Å²) >= 11 is 0. The first-order valence-electron chi connectivity index (χ1n) is 6.32. The van der Waals surface area contributed by atoms with Crippen LogP contribution in [0.25, 0.3) is 0 Å². The van der Waals surface area contributed by atoms with Crippen LogP contribution in [0.4, 0.5) is 0 Å². The summed E-state index contributed by atoms with van der Waals surface area (Å²) in [6, 6.07) is 7.87. The molecule has 5 nitrogen and oxygen atoms in total. The maximum absolute atomic E-state index is 11.9. The van der Waals surface area contributed by atoms with E-state index < -0.39 is 5.97 Å². The Morgan fingerprint density at radius 2 is 2.00 bits per heavy atom. The van der Waals surface area contributed by atoms with Gasteiger partial charge in [0, 0.05) is 17.7 Å². The number of aliphatic carboxylic acids is 1. The predicted octanol–water partition coefficient (Wildman–Crippen LogP) is 1.60. The van der Waals surface area contributed by atoms with Crippen molar-refractivity contribution < 1.29 is 9.90 Å². The molecule has 0 saturated carbocycles. The van der Waals surface area contributed by atoms with Crippen molar-refractivity contribution in [3.05, 3.63) is 62.8 Å². The molecule has 1 aromatic carbocycles. The zero-order valence-electron chi connectivity index (χ0n) is 11.4. The van der Waals surface area contributed by atoms with Crippen LogP contribution in [0, 0.1) is 13.8 Å². The average molecular weight is 272 g/mol. The van der Waals surface area contributed by atoms with Crippen LogP contribution in [-0.2, 0) is 17.6 Å². The van der Waals surface area contributed by atoms with Crippen LogP contribution in [-0.4, -0.2) is 21.0 Å². The minimum absolute atomic E-state index is 0.214. The van der Waals surface area contributed by atoms with Crippen molar-refractivity contribution >= 4 is 5.97 Å². The molecule has 0 unspecified atom stereocenters. The first-order chi connectivity index (χ1) is 9.47. The van der Waals surface area contributed by atoms with Crippen LogP contribution in [0.15, 0.2) is 29.1 Å². The molecule has 0 amide bonds. The number of rotatable bonds is 4. The number of benzene rings is 1. The summed E-state index contributed by atoms with van der Waals surface area (Å²) in [5.74, 6) is -0.483. The maximum atomic E-state index is 11.9. The summed E-state index contributed by atoms with van der Waals surface area (Å²) in [6.07, 6.45) is 0.217. The van der Waals surface area contributed by atoms with E-state index in [0.29, 0.717) is 17.9 Å². The van der Waals surface area contributed by atoms with E-state index in [2.05, 4.69) is 9.97 Å². The number of carbonyl (C=O) groups is 1. The summed E-state index contributed by atoms with van der Waals surface area (Å²) in [6.45, 7) is 3.66. The predicted molar refractivity (Wildman–Crippen MR) is 74.9 cm³/mol. The lowest BCUT2D eigenvalue weighted by Gasteiger charge is -2.07. The molecule has 0 spiro atoms. The van der Waals surface area contributed by atoms with E-state index in [-0.39, 0.29) is 17.5 Å². The molecule has 104 valence electrons. The number of aryl methyl sites for hydroxylation is 2. The fraction of sp³-hybridized carbons (Fsp3) is 0.267. The SMILES string of the molecule is Cc1ccccc1Cc1nc(C)c(CC(=O)O)c(=O)[nH]1. The van der Waals surface area contributed by atoms with Crippen molar-refractivity contribution in [2.24, 2.45) is 0 Å². The lowest BCUT2D eigenvalue weighted by Crippen LogP contribution is -2.21. The van der Waals surface area contributed by atoms with Crippen LogP contribution < -0.4 is 5.56 Å². The second-order valence-corrected chi connectivity index (χ2v) is 4.75. The third-order valence-corrected chi connectivity index (χ3v) is 3.22. The molecule has 0 bridgehead atoms. The van der Waals surface area contributed by atoms with Crippen molar-refractivity contribution in [3.63, 3.8) is 0 Å². The smallest absolute Gasteiger partial charge is 0.308 e. The standard InChI is InChI=1S/C15H16N2O3/c1-9-5-3-4-6-11(9)7-13-16-10(2)12(8-14(18)19)15(20)17-13/h3-6H,7-8H2,1-2H3,(H,18,19)(H,16,17,20). The minimum atomic E-state index is -1.04. The summed E-state index contributed by atoms with van der Waals surface area (Å²) < 4.78 is 0. The molecule has 2 aromatic rings. The van der Waals surface area contributed by atoms with Gasteiger partial charge in [0.25, 0.3) is 5.56 Å². The van der Waals surface area contributed by atoms with E-state index in [1.807, 2.05) is 31.2 Å². The van der Waals surface area contributed by atoms with Gasteiger partial charge in [0.1, 0.15) is 5.82 Å². The normalized spacial score (nSPS) is 10.5. The number of hydrogen-bond donors (Lipinski definition) is 2. The zero-order valence-corrected chi connectivity index (χ0v) is 11.4. The number of nitrogens with one attached hydrogen (secondary N) is 1. The molecule has 1 aromatic heterocycles. The Bertz CT molecular complexity index is 705. The van der Waals surface area contributed by atoms with Crippen molar-refractivity contribution in [2.75, 3.05) is 0 Å². The Labute approximate surface area is 116 Å². The molecule has 20 heavy (non-hydrogen) atoms. The number of aromatic amines is 1. The van der Waals surface area contributed by atoms with Crippen molar-refractivity contribution in [3.8, 4) is 0 Å². The first kappa shape index (κ1) is 14.0. The van der Waals surface area contributed by atoms with Crippen molar-refractivity contribution in [1.82, 2.24) is 9.97 Å². The van der Waals surface area contributed by atoms with Gasteiger partial charge in [-0.05, 0) is 25.0 Å². The van der Waals surface area contributed by atoms with Gasteiger partial charge in [-0.15, -0.1) is 0 Å². The summed E-state index contributed by atoms with van der Waals surface area (Å²) in [5.41, 5.74) is 2.53. The number of aromatic nitrogens is 2. The van der Waals surface area contributed by atoms with Gasteiger partial charge >= 0.3 is 5.97 Å². The molecular formula is C15H16N2O3. The highest BCUT2D eigenvalue weighted by molar-refractivity contribution is 5.70. The molecule has 1 heterocycles. The quantitative estimate of drug-likeness (QED) is 0.885. The van der Waals surface area contributed by atoms with E-state index in [1.54, 1.807) is 6.92 Å². The van der Waals surface area contributed by atoms with E-state index in [9.17, 15) is 9.59 Å². The van der Waals surface area contributed by atoms with Gasteiger partial charge in [-0.1, -0.05) is 24.3 Å². The molecular weight excluding hydrogens is 256 g/mol. The molecule has 0 aliphatic rings. The van der Waals surface area contributed by atoms with E-state index in [4.69, 9.17) is 5.11 Å². The number of hydrogen-bond acceptors (Lipinski definition) is 3. The number of nitrogens with zero attached hydrogens (tertiary/aromatic N) is 1. The van der Waals surface area contributed by atoms with Crippen LogP contribution in [0.2, 0.25) is 0 Å². The molecule has 2 rings (SSSR count). The molecule has 0 atom stereocenters. The Morgan fingerprint density at radius 3 is 2.60 bits per heavy atom. The summed E-state index contributed by atoms with van der Waals surface area (Å²) in [7, 11) is 0. The van der Waals surface area contributed by atoms with Gasteiger partial charge in [0.15, 0.2) is 0 Å². The highest BCUT2D eigenvalue weighted by Crippen LogP contribution is 2.11. The maximum Gasteiger partial charge on any atom is 0.308 e. The Morgan fingerprint density at radius 1 is 1.30 bits per heavy atom. The second kappa shape index (κ2) is 5.69. The molecule has 0 aliphatic heterocycles. The third kappa shape index (κ3) is 3.12. The monoisotopic (exact) mass is 272 g/mol. The minimum Gasteiger partial charge on any atom is -0.481 e. The number of H-pyrrole nitrogens is 1. The van der Waals surface area contributed by atoms with Crippen molar-refractivity contribution in [1.29, 1.82) is 0 Å². The molecule has 0 aliphatic carbocycles. The molecule has 0 radical (unpaired) electrons. The lowest BCUT2D eigenvalue weighted by atomic mass is 10.1. The molecule has 2 N–H and O–H groups in total. The molecule has 5 heteroatoms. The Balaban J connectivity index is 2.34. The molecule has 0 saturated heterocycles. The number of carboxylic acids is 1. The fourth-order valence-electron chi connectivity index (χ4n) is 2.10. The van der Waals surface area contributed by atoms with Gasteiger partial charge < -0.3 is 10.1 Å². The number of carboxylic acid groups (broad SMARTS) is 1. The van der Waals surface area contributed by atoms with Gasteiger partial charge in [-0.3, -0.25) is 9.59 Å². The van der Waals surface area contributed by atoms with Gasteiger partial charge in [-0.2, -0.15) is 0 Å². The Hall–Kier alpha value is -2.43. The highest BCUT2D eigenvalue weighted by atomic mass is 16.4. The van der Waals surface area contributed by atoms with E-state index in [0.717, 1.165) is 11.1 Å². The van der Waals surface area contributed by atoms with E-state index in [1.165, 1.54) is 0 Å². The zero-order chi connectivity index (χ0) is 14.7. The van der Waals surface area contributed by atoms with Crippen LogP contribution >= 0.6 is 0 Å². The van der Waals surface area contributed by atoms with Gasteiger partial charge in [-0.25, -0.2) is 4.98 Å². The largest absolute Gasteiger partial charge is 0.481 e. The van der Waals surface area contributed by atoms with Crippen molar-refractivity contribution in [2.45, 2.75) is 26.7 Å². The van der Waals surface area contributed by atoms with Gasteiger partial charge in [0.05, 0.1) is 6.42 Å². The first-order valence-corrected chi connectivity index (χ1v) is 6.32. The van der Waals surface area contributed by atoms with Gasteiger partial charge in [0.2, 0.25) is 0 Å². The second-order valence-electron chi connectivity index (χ2n) is 4.75. The third-order valence-electron chi connectivity index (χ3n) is 3.22. The fourth-order valence-corrected chi connectivity index (χ4v) is 2.10. The Kier molecular flexibility index (Phi) is 3.98. The van der Waals surface area contributed by atoms with Crippen LogP contribution in [0.5, 0.6) is 0 Å². The lowest BCUT2D eigenvalue weighted by molar-refractivity contribution is -0.136. The average Bonchev–Trinajstić information content (AvgIpc) is 2.36.